The van der Waals surface area contributed by atoms with E-state index in [4.69, 9.17) is 4.74 Å². The highest BCUT2D eigenvalue weighted by molar-refractivity contribution is 5.89. The van der Waals surface area contributed by atoms with E-state index in [1.165, 1.54) is 0 Å². The van der Waals surface area contributed by atoms with Gasteiger partial charge in [0.2, 0.25) is 5.91 Å². The van der Waals surface area contributed by atoms with E-state index in [1.807, 2.05) is 30.3 Å². The van der Waals surface area contributed by atoms with Gasteiger partial charge in [0.25, 0.3) is 0 Å². The number of aromatic nitrogens is 1. The topological polar surface area (TPSA) is 83.6 Å². The van der Waals surface area contributed by atoms with Gasteiger partial charge in [0.15, 0.2) is 0 Å². The molecule has 1 aromatic carbocycles. The first kappa shape index (κ1) is 17.7. The fraction of sp³-hybridized carbons (Fsp3) is 0.316. The molecule has 0 saturated carbocycles. The second-order valence-corrected chi connectivity index (χ2v) is 6.12. The van der Waals surface area contributed by atoms with Crippen LogP contribution in [0.2, 0.25) is 0 Å². The monoisotopic (exact) mass is 354 g/mol. The van der Waals surface area contributed by atoms with Crippen LogP contribution < -0.4 is 15.4 Å². The number of urea groups is 1. The molecule has 1 aliphatic heterocycles. The normalized spacial score (nSPS) is 14.8. The van der Waals surface area contributed by atoms with Gasteiger partial charge < -0.3 is 20.3 Å². The molecule has 0 bridgehead atoms. The maximum atomic E-state index is 12.5. The predicted molar refractivity (Wildman–Crippen MR) is 97.9 cm³/mol. The number of nitrogens with zero attached hydrogens (tertiary/aromatic N) is 2. The predicted octanol–water partition coefficient (Wildman–Crippen LogP) is 2.58. The first-order chi connectivity index (χ1) is 12.7. The van der Waals surface area contributed by atoms with Gasteiger partial charge in [0, 0.05) is 25.6 Å². The fourth-order valence-electron chi connectivity index (χ4n) is 2.96. The van der Waals surface area contributed by atoms with Crippen molar-refractivity contribution in [3.63, 3.8) is 0 Å². The van der Waals surface area contributed by atoms with Crippen molar-refractivity contribution in [1.29, 1.82) is 0 Å². The molecule has 1 atom stereocenters. The lowest BCUT2D eigenvalue weighted by atomic mass is 10.1. The Morgan fingerprint density at radius 2 is 2.12 bits per heavy atom. The van der Waals surface area contributed by atoms with Gasteiger partial charge in [-0.25, -0.2) is 4.79 Å². The Bertz CT molecular complexity index is 766. The number of methoxy groups -OCH3 is 1. The Kier molecular flexibility index (Phi) is 5.68. The molecule has 1 fully saturated rings. The van der Waals surface area contributed by atoms with Crippen molar-refractivity contribution in [2.45, 2.75) is 18.9 Å². The van der Waals surface area contributed by atoms with Gasteiger partial charge in [-0.2, -0.15) is 0 Å². The van der Waals surface area contributed by atoms with Gasteiger partial charge in [-0.1, -0.05) is 30.3 Å². The molecule has 26 heavy (non-hydrogen) atoms. The van der Waals surface area contributed by atoms with Gasteiger partial charge >= 0.3 is 6.03 Å². The summed E-state index contributed by atoms with van der Waals surface area (Å²) in [7, 11) is 1.54. The highest BCUT2D eigenvalue weighted by atomic mass is 16.5. The van der Waals surface area contributed by atoms with Gasteiger partial charge in [0.1, 0.15) is 5.75 Å². The van der Waals surface area contributed by atoms with Crippen LogP contribution in [-0.4, -0.2) is 42.0 Å². The summed E-state index contributed by atoms with van der Waals surface area (Å²) >= 11 is 0. The van der Waals surface area contributed by atoms with Gasteiger partial charge in [0.05, 0.1) is 31.2 Å². The standard InChI is InChI=1S/C19H22N4O3/c1-26-16-10-15(11-20-12-16)21-19(25)22-17(14-6-3-2-4-7-14)13-23-9-5-8-18(23)24/h2-4,6-7,10-12,17H,5,8-9,13H2,1H3,(H2,21,22,25). The van der Waals surface area contributed by atoms with Crippen molar-refractivity contribution < 1.29 is 14.3 Å². The summed E-state index contributed by atoms with van der Waals surface area (Å²) in [5.74, 6) is 0.690. The summed E-state index contributed by atoms with van der Waals surface area (Å²) in [6.07, 6.45) is 4.55. The van der Waals surface area contributed by atoms with E-state index in [1.54, 1.807) is 30.5 Å². The number of carbonyl (C=O) groups excluding carboxylic acids is 2. The SMILES string of the molecule is COc1cncc(NC(=O)NC(CN2CCCC2=O)c2ccccc2)c1. The Labute approximate surface area is 152 Å². The summed E-state index contributed by atoms with van der Waals surface area (Å²) in [6, 6.07) is 10.7. The molecular formula is C19H22N4O3. The molecule has 1 unspecified atom stereocenters. The highest BCUT2D eigenvalue weighted by Crippen LogP contribution is 2.19. The molecule has 0 radical (unpaired) electrons. The van der Waals surface area contributed by atoms with E-state index in [-0.39, 0.29) is 18.0 Å². The molecule has 136 valence electrons. The Morgan fingerprint density at radius 1 is 1.31 bits per heavy atom. The number of rotatable bonds is 6. The Hall–Kier alpha value is -3.09. The lowest BCUT2D eigenvalue weighted by Crippen LogP contribution is -2.40. The number of ether oxygens (including phenoxy) is 1. The number of hydrogen-bond donors (Lipinski definition) is 2. The van der Waals surface area contributed by atoms with Crippen molar-refractivity contribution in [2.75, 3.05) is 25.5 Å². The summed E-state index contributed by atoms with van der Waals surface area (Å²) in [5.41, 5.74) is 1.48. The van der Waals surface area contributed by atoms with E-state index in [9.17, 15) is 9.59 Å². The van der Waals surface area contributed by atoms with Crippen molar-refractivity contribution in [1.82, 2.24) is 15.2 Å². The van der Waals surface area contributed by atoms with Crippen molar-refractivity contribution in [2.24, 2.45) is 0 Å². The zero-order valence-corrected chi connectivity index (χ0v) is 14.6. The fourth-order valence-corrected chi connectivity index (χ4v) is 2.96. The maximum Gasteiger partial charge on any atom is 0.319 e. The molecule has 2 heterocycles. The maximum absolute atomic E-state index is 12.5. The molecule has 3 amide bonds. The molecule has 7 heteroatoms. The molecule has 0 spiro atoms. The number of anilines is 1. The number of nitrogens with one attached hydrogen (secondary N) is 2. The molecule has 7 nitrogen and oxygen atoms in total. The zero-order valence-electron chi connectivity index (χ0n) is 14.6. The Balaban J connectivity index is 1.70. The quantitative estimate of drug-likeness (QED) is 0.835. The van der Waals surface area contributed by atoms with E-state index < -0.39 is 0 Å². The second kappa shape index (κ2) is 8.33. The smallest absolute Gasteiger partial charge is 0.319 e. The Morgan fingerprint density at radius 3 is 2.81 bits per heavy atom. The van der Waals surface area contributed by atoms with Crippen LogP contribution >= 0.6 is 0 Å². The van der Waals surface area contributed by atoms with Crippen molar-refractivity contribution in [3.8, 4) is 5.75 Å². The molecule has 1 aromatic heterocycles. The average Bonchev–Trinajstić information content (AvgIpc) is 3.06. The molecule has 1 aliphatic rings. The number of hydrogen-bond acceptors (Lipinski definition) is 4. The minimum Gasteiger partial charge on any atom is -0.495 e. The molecule has 2 aromatic rings. The third-order valence-electron chi connectivity index (χ3n) is 4.29. The van der Waals surface area contributed by atoms with Crippen molar-refractivity contribution in [3.05, 3.63) is 54.4 Å². The number of pyridine rings is 1. The van der Waals surface area contributed by atoms with Gasteiger partial charge in [-0.15, -0.1) is 0 Å². The van der Waals surface area contributed by atoms with Crippen LogP contribution in [0.4, 0.5) is 10.5 Å². The number of likely N-dealkylation sites (tertiary alicyclic amines) is 1. The van der Waals surface area contributed by atoms with E-state index in [0.717, 1.165) is 18.5 Å². The minimum absolute atomic E-state index is 0.130. The molecule has 2 N–H and O–H groups in total. The molecule has 3 rings (SSSR count). The largest absolute Gasteiger partial charge is 0.495 e. The molecular weight excluding hydrogens is 332 g/mol. The zero-order chi connectivity index (χ0) is 18.4. The van der Waals surface area contributed by atoms with E-state index in [2.05, 4.69) is 15.6 Å². The third-order valence-corrected chi connectivity index (χ3v) is 4.29. The van der Waals surface area contributed by atoms with Crippen LogP contribution in [0.1, 0.15) is 24.4 Å². The van der Waals surface area contributed by atoms with Gasteiger partial charge in [-0.05, 0) is 12.0 Å². The average molecular weight is 354 g/mol. The summed E-state index contributed by atoms with van der Waals surface area (Å²) in [4.78, 5) is 30.2. The third kappa shape index (κ3) is 4.50. The van der Waals surface area contributed by atoms with Crippen LogP contribution in [0.3, 0.4) is 0 Å². The summed E-state index contributed by atoms with van der Waals surface area (Å²) in [6.45, 7) is 1.18. The minimum atomic E-state index is -0.361. The summed E-state index contributed by atoms with van der Waals surface area (Å²) in [5, 5.41) is 5.71. The van der Waals surface area contributed by atoms with E-state index >= 15 is 0 Å². The van der Waals surface area contributed by atoms with Crippen LogP contribution in [0, 0.1) is 0 Å². The van der Waals surface area contributed by atoms with Crippen LogP contribution in [0.5, 0.6) is 5.75 Å². The van der Waals surface area contributed by atoms with Gasteiger partial charge in [-0.3, -0.25) is 9.78 Å². The van der Waals surface area contributed by atoms with Crippen LogP contribution in [-0.2, 0) is 4.79 Å². The number of amides is 3. The number of carbonyl (C=O) groups is 2. The highest BCUT2D eigenvalue weighted by Gasteiger charge is 2.25. The second-order valence-electron chi connectivity index (χ2n) is 6.12. The van der Waals surface area contributed by atoms with Crippen molar-refractivity contribution >= 4 is 17.6 Å². The first-order valence-corrected chi connectivity index (χ1v) is 8.55. The van der Waals surface area contributed by atoms with E-state index in [0.29, 0.717) is 24.4 Å². The molecule has 0 aliphatic carbocycles. The number of benzene rings is 1. The van der Waals surface area contributed by atoms with Crippen LogP contribution in [0.25, 0.3) is 0 Å². The van der Waals surface area contributed by atoms with Crippen LogP contribution in [0.15, 0.2) is 48.8 Å². The lowest BCUT2D eigenvalue weighted by Gasteiger charge is -2.25. The summed E-state index contributed by atoms with van der Waals surface area (Å²) < 4.78 is 5.11. The molecule has 1 saturated heterocycles. The first-order valence-electron chi connectivity index (χ1n) is 8.55. The lowest BCUT2D eigenvalue weighted by molar-refractivity contribution is -0.128.